The first kappa shape index (κ1) is 26.4. The zero-order valence-corrected chi connectivity index (χ0v) is 25.6. The molecule has 0 unspecified atom stereocenters. The predicted octanol–water partition coefficient (Wildman–Crippen LogP) is 10.3. The smallest absolute Gasteiger partial charge is 0.109 e. The summed E-state index contributed by atoms with van der Waals surface area (Å²) >= 11 is 1.77. The standard InChI is InChI=1S/C40H31N3S/c1-5-27-37(6-2)44-39-38(27)31-21-33-30(28-14-7-9-16-32(28)40(33,3)4)22-36(31)43(39)26-13-11-12-24(20-26)25-18-19-35(42-23-25)29-15-8-10-17-34(29)41/h5-23,41-42H,1-2H2,3-4H3/b35-29-,41-34?. The quantitative estimate of drug-likeness (QED) is 0.216. The Morgan fingerprint density at radius 3 is 2.48 bits per heavy atom. The highest BCUT2D eigenvalue weighted by atomic mass is 32.1. The maximum Gasteiger partial charge on any atom is 0.109 e. The number of nitrogens with one attached hydrogen (secondary N) is 2. The van der Waals surface area contributed by atoms with E-state index in [4.69, 9.17) is 5.41 Å². The number of nitrogens with zero attached hydrogens (tertiary/aromatic N) is 1. The van der Waals surface area contributed by atoms with E-state index in [-0.39, 0.29) is 5.41 Å². The van der Waals surface area contributed by atoms with Crippen molar-refractivity contribution in [3.05, 3.63) is 155 Å². The molecule has 3 nitrogen and oxygen atoms in total. The minimum absolute atomic E-state index is 0.0801. The first-order valence-corrected chi connectivity index (χ1v) is 15.7. The molecule has 2 aliphatic carbocycles. The molecular formula is C40H31N3S. The van der Waals surface area contributed by atoms with E-state index in [2.05, 4.69) is 110 Å². The zero-order valence-electron chi connectivity index (χ0n) is 24.7. The summed E-state index contributed by atoms with van der Waals surface area (Å²) < 4.78 is 2.42. The van der Waals surface area contributed by atoms with E-state index in [1.807, 2.05) is 42.7 Å². The second-order valence-corrected chi connectivity index (χ2v) is 13.0. The van der Waals surface area contributed by atoms with Gasteiger partial charge in [0.2, 0.25) is 0 Å². The number of dihydropyridines is 1. The second-order valence-electron chi connectivity index (χ2n) is 12.0. The van der Waals surface area contributed by atoms with Gasteiger partial charge < -0.3 is 15.3 Å². The Kier molecular flexibility index (Phi) is 5.81. The molecule has 3 aromatic carbocycles. The molecule has 3 heterocycles. The lowest BCUT2D eigenvalue weighted by molar-refractivity contribution is 0.661. The van der Waals surface area contributed by atoms with Crippen molar-refractivity contribution in [1.82, 2.24) is 9.88 Å². The van der Waals surface area contributed by atoms with Crippen LogP contribution in [0.5, 0.6) is 0 Å². The van der Waals surface area contributed by atoms with Gasteiger partial charge in [0.05, 0.1) is 11.2 Å². The van der Waals surface area contributed by atoms with Crippen molar-refractivity contribution in [2.45, 2.75) is 19.3 Å². The SMILES string of the molecule is C=Cc1sc2c(c1C=C)c1cc3c(cc1n2-c1cccc(C2=CN/C(=C4/C=CC=CC4=N)C=C2)c1)-c1ccccc1C3(C)C. The van der Waals surface area contributed by atoms with Crippen molar-refractivity contribution < 1.29 is 0 Å². The Hall–Kier alpha value is -5.19. The summed E-state index contributed by atoms with van der Waals surface area (Å²) in [7, 11) is 0. The summed E-state index contributed by atoms with van der Waals surface area (Å²) in [5.41, 5.74) is 13.3. The highest BCUT2D eigenvalue weighted by Crippen LogP contribution is 2.52. The Balaban J connectivity index is 1.32. The molecule has 2 N–H and O–H groups in total. The highest BCUT2D eigenvalue weighted by molar-refractivity contribution is 7.20. The number of hydrogen-bond donors (Lipinski definition) is 2. The number of allylic oxidation sites excluding steroid dienone is 8. The van der Waals surface area contributed by atoms with Crippen LogP contribution in [0.25, 0.3) is 55.7 Å². The van der Waals surface area contributed by atoms with Gasteiger partial charge in [0, 0.05) is 49.8 Å². The summed E-state index contributed by atoms with van der Waals surface area (Å²) in [6, 6.07) is 22.4. The highest BCUT2D eigenvalue weighted by Gasteiger charge is 2.36. The number of fused-ring (bicyclic) bond motifs is 6. The van der Waals surface area contributed by atoms with Crippen LogP contribution in [0.2, 0.25) is 0 Å². The lowest BCUT2D eigenvalue weighted by Gasteiger charge is -2.21. The van der Waals surface area contributed by atoms with E-state index in [0.29, 0.717) is 5.71 Å². The molecule has 0 atom stereocenters. The number of thiophene rings is 1. The van der Waals surface area contributed by atoms with Gasteiger partial charge in [-0.2, -0.15) is 0 Å². The molecule has 212 valence electrons. The molecule has 0 radical (unpaired) electrons. The molecule has 4 heteroatoms. The van der Waals surface area contributed by atoms with Crippen LogP contribution in [0.15, 0.2) is 128 Å². The van der Waals surface area contributed by atoms with E-state index < -0.39 is 0 Å². The molecule has 0 saturated heterocycles. The van der Waals surface area contributed by atoms with Crippen molar-refractivity contribution in [2.24, 2.45) is 0 Å². The largest absolute Gasteiger partial charge is 0.361 e. The molecule has 0 bridgehead atoms. The fourth-order valence-corrected chi connectivity index (χ4v) is 8.23. The summed E-state index contributed by atoms with van der Waals surface area (Å²) in [5, 5.41) is 14.2. The predicted molar refractivity (Wildman–Crippen MR) is 190 cm³/mol. The van der Waals surface area contributed by atoms with Gasteiger partial charge in [-0.05, 0) is 69.8 Å². The van der Waals surface area contributed by atoms with Gasteiger partial charge in [-0.25, -0.2) is 0 Å². The van der Waals surface area contributed by atoms with Gasteiger partial charge in [0.25, 0.3) is 0 Å². The normalized spacial score (nSPS) is 18.0. The van der Waals surface area contributed by atoms with Crippen molar-refractivity contribution in [3.8, 4) is 16.8 Å². The van der Waals surface area contributed by atoms with Crippen molar-refractivity contribution in [3.63, 3.8) is 0 Å². The minimum Gasteiger partial charge on any atom is -0.361 e. The first-order valence-electron chi connectivity index (χ1n) is 14.8. The summed E-state index contributed by atoms with van der Waals surface area (Å²) in [6.07, 6.45) is 17.8. The van der Waals surface area contributed by atoms with Gasteiger partial charge in [-0.1, -0.05) is 99.9 Å². The van der Waals surface area contributed by atoms with Crippen LogP contribution in [0.3, 0.4) is 0 Å². The summed E-state index contributed by atoms with van der Waals surface area (Å²) in [5.74, 6) is 0. The zero-order chi connectivity index (χ0) is 30.2. The Bertz CT molecular complexity index is 2270. The average molecular weight is 586 g/mol. The molecule has 2 aromatic heterocycles. The number of aromatic nitrogens is 1. The van der Waals surface area contributed by atoms with Crippen molar-refractivity contribution >= 4 is 55.9 Å². The average Bonchev–Trinajstić information content (AvgIpc) is 3.65. The van der Waals surface area contributed by atoms with Crippen molar-refractivity contribution in [1.29, 1.82) is 5.41 Å². The molecule has 8 rings (SSSR count). The molecule has 1 aliphatic heterocycles. The lowest BCUT2D eigenvalue weighted by atomic mass is 9.82. The van der Waals surface area contributed by atoms with Gasteiger partial charge >= 0.3 is 0 Å². The van der Waals surface area contributed by atoms with Crippen LogP contribution in [0.4, 0.5) is 0 Å². The van der Waals surface area contributed by atoms with Gasteiger partial charge in [0.1, 0.15) is 4.83 Å². The van der Waals surface area contributed by atoms with Crippen LogP contribution in [-0.2, 0) is 5.41 Å². The Labute approximate surface area is 261 Å². The van der Waals surface area contributed by atoms with Crippen LogP contribution in [0.1, 0.15) is 41.0 Å². The molecule has 0 spiro atoms. The number of benzene rings is 3. The summed E-state index contributed by atoms with van der Waals surface area (Å²) in [4.78, 5) is 2.34. The molecule has 3 aliphatic rings. The van der Waals surface area contributed by atoms with Gasteiger partial charge in [-0.3, -0.25) is 0 Å². The topological polar surface area (TPSA) is 40.8 Å². The van der Waals surface area contributed by atoms with Gasteiger partial charge in [-0.15, -0.1) is 11.3 Å². The Morgan fingerprint density at radius 1 is 0.864 bits per heavy atom. The van der Waals surface area contributed by atoms with E-state index in [1.165, 1.54) is 43.4 Å². The first-order chi connectivity index (χ1) is 21.4. The third-order valence-electron chi connectivity index (χ3n) is 9.23. The van der Waals surface area contributed by atoms with Crippen LogP contribution in [-0.4, -0.2) is 10.3 Å². The second kappa shape index (κ2) is 9.66. The molecular weight excluding hydrogens is 555 g/mol. The maximum absolute atomic E-state index is 8.28. The Morgan fingerprint density at radius 2 is 1.70 bits per heavy atom. The summed E-state index contributed by atoms with van der Waals surface area (Å²) in [6.45, 7) is 13.0. The minimum atomic E-state index is -0.0801. The molecule has 44 heavy (non-hydrogen) atoms. The van der Waals surface area contributed by atoms with Crippen LogP contribution in [0, 0.1) is 5.41 Å². The number of hydrogen-bond acceptors (Lipinski definition) is 3. The third-order valence-corrected chi connectivity index (χ3v) is 10.4. The molecule has 5 aromatic rings. The number of rotatable bonds is 4. The monoisotopic (exact) mass is 585 g/mol. The fourth-order valence-electron chi connectivity index (χ4n) is 7.02. The van der Waals surface area contributed by atoms with E-state index in [0.717, 1.165) is 38.5 Å². The van der Waals surface area contributed by atoms with E-state index in [1.54, 1.807) is 11.3 Å². The van der Waals surface area contributed by atoms with E-state index in [9.17, 15) is 0 Å². The third kappa shape index (κ3) is 3.71. The van der Waals surface area contributed by atoms with Crippen molar-refractivity contribution in [2.75, 3.05) is 0 Å². The van der Waals surface area contributed by atoms with E-state index >= 15 is 0 Å². The lowest BCUT2D eigenvalue weighted by Crippen LogP contribution is -2.14. The van der Waals surface area contributed by atoms with Gasteiger partial charge in [0.15, 0.2) is 0 Å². The molecule has 0 saturated carbocycles. The maximum atomic E-state index is 8.28. The van der Waals surface area contributed by atoms with Crippen LogP contribution < -0.4 is 5.32 Å². The van der Waals surface area contributed by atoms with Crippen LogP contribution >= 0.6 is 11.3 Å². The molecule has 0 amide bonds. The fraction of sp³-hybridized carbons (Fsp3) is 0.0750. The molecule has 0 fully saturated rings.